The molecule has 4 nitrogen and oxygen atoms in total. The van der Waals surface area contributed by atoms with Crippen LogP contribution < -0.4 is 14.8 Å². The van der Waals surface area contributed by atoms with Crippen LogP contribution in [0.15, 0.2) is 36.4 Å². The molecule has 1 atom stereocenters. The molecule has 0 fully saturated rings. The average Bonchev–Trinajstić information content (AvgIpc) is 2.50. The van der Waals surface area contributed by atoms with Crippen LogP contribution in [-0.2, 0) is 4.79 Å². The van der Waals surface area contributed by atoms with Crippen molar-refractivity contribution in [2.45, 2.75) is 20.0 Å². The number of amides is 1. The molecular formula is C17H17Cl2NO3. The monoisotopic (exact) mass is 353 g/mol. The average molecular weight is 354 g/mol. The van der Waals surface area contributed by atoms with E-state index in [2.05, 4.69) is 5.32 Å². The Labute approximate surface area is 145 Å². The molecule has 2 aromatic rings. The van der Waals surface area contributed by atoms with Gasteiger partial charge in [0.25, 0.3) is 5.91 Å². The summed E-state index contributed by atoms with van der Waals surface area (Å²) < 4.78 is 10.8. The van der Waals surface area contributed by atoms with Gasteiger partial charge in [-0.2, -0.15) is 0 Å². The van der Waals surface area contributed by atoms with Gasteiger partial charge in [-0.05, 0) is 49.7 Å². The summed E-state index contributed by atoms with van der Waals surface area (Å²) in [4.78, 5) is 12.3. The van der Waals surface area contributed by atoms with Crippen LogP contribution in [0, 0.1) is 6.92 Å². The van der Waals surface area contributed by atoms with Gasteiger partial charge in [-0.25, -0.2) is 0 Å². The van der Waals surface area contributed by atoms with Crippen molar-refractivity contribution in [3.05, 3.63) is 52.0 Å². The molecule has 0 saturated heterocycles. The number of nitrogens with one attached hydrogen (secondary N) is 1. The van der Waals surface area contributed by atoms with Crippen LogP contribution in [-0.4, -0.2) is 19.1 Å². The highest BCUT2D eigenvalue weighted by molar-refractivity contribution is 6.35. The van der Waals surface area contributed by atoms with Crippen molar-refractivity contribution >= 4 is 34.8 Å². The Balaban J connectivity index is 2.10. The van der Waals surface area contributed by atoms with Crippen molar-refractivity contribution in [3.63, 3.8) is 0 Å². The molecule has 23 heavy (non-hydrogen) atoms. The van der Waals surface area contributed by atoms with Gasteiger partial charge >= 0.3 is 0 Å². The van der Waals surface area contributed by atoms with Crippen LogP contribution in [0.2, 0.25) is 10.0 Å². The Morgan fingerprint density at radius 2 is 1.83 bits per heavy atom. The number of carbonyl (C=O) groups excluding carboxylic acids is 1. The molecule has 6 heteroatoms. The molecule has 0 aromatic heterocycles. The number of carbonyl (C=O) groups is 1. The second-order valence-electron chi connectivity index (χ2n) is 5.03. The van der Waals surface area contributed by atoms with Gasteiger partial charge < -0.3 is 14.8 Å². The van der Waals surface area contributed by atoms with E-state index in [1.807, 2.05) is 19.1 Å². The van der Waals surface area contributed by atoms with Gasteiger partial charge in [-0.3, -0.25) is 4.79 Å². The van der Waals surface area contributed by atoms with Crippen molar-refractivity contribution in [1.82, 2.24) is 0 Å². The zero-order valence-corrected chi connectivity index (χ0v) is 14.5. The Kier molecular flexibility index (Phi) is 5.74. The molecule has 1 amide bonds. The van der Waals surface area contributed by atoms with Crippen LogP contribution in [0.3, 0.4) is 0 Å². The molecule has 2 rings (SSSR count). The maximum Gasteiger partial charge on any atom is 0.265 e. The minimum Gasteiger partial charge on any atom is -0.495 e. The highest BCUT2D eigenvalue weighted by Crippen LogP contribution is 2.29. The van der Waals surface area contributed by atoms with Gasteiger partial charge in [-0.1, -0.05) is 29.3 Å². The predicted octanol–water partition coefficient (Wildman–Crippen LogP) is 4.72. The first-order chi connectivity index (χ1) is 10.9. The largest absolute Gasteiger partial charge is 0.495 e. The third-order valence-electron chi connectivity index (χ3n) is 3.18. The van der Waals surface area contributed by atoms with Gasteiger partial charge in [0.1, 0.15) is 11.5 Å². The molecule has 0 unspecified atom stereocenters. The summed E-state index contributed by atoms with van der Waals surface area (Å²) in [6, 6.07) is 10.4. The molecule has 2 aromatic carbocycles. The van der Waals surface area contributed by atoms with Crippen LogP contribution in [0.25, 0.3) is 0 Å². The van der Waals surface area contributed by atoms with E-state index >= 15 is 0 Å². The first-order valence-electron chi connectivity index (χ1n) is 6.98. The van der Waals surface area contributed by atoms with E-state index in [0.717, 1.165) is 5.56 Å². The Morgan fingerprint density at radius 1 is 1.13 bits per heavy atom. The molecule has 0 aliphatic rings. The first kappa shape index (κ1) is 17.4. The zero-order valence-electron chi connectivity index (χ0n) is 13.0. The number of halogens is 2. The number of aryl methyl sites for hydroxylation is 1. The predicted molar refractivity (Wildman–Crippen MR) is 92.9 cm³/mol. The van der Waals surface area contributed by atoms with Crippen LogP contribution >= 0.6 is 23.2 Å². The summed E-state index contributed by atoms with van der Waals surface area (Å²) in [6.45, 7) is 3.57. The van der Waals surface area contributed by atoms with E-state index in [1.165, 1.54) is 0 Å². The number of ether oxygens (including phenoxy) is 2. The molecule has 0 aliphatic carbocycles. The molecule has 0 bridgehead atoms. The number of hydrogen-bond donors (Lipinski definition) is 1. The summed E-state index contributed by atoms with van der Waals surface area (Å²) in [7, 11) is 1.55. The lowest BCUT2D eigenvalue weighted by molar-refractivity contribution is -0.122. The van der Waals surface area contributed by atoms with Crippen molar-refractivity contribution < 1.29 is 14.3 Å². The lowest BCUT2D eigenvalue weighted by atomic mass is 10.2. The van der Waals surface area contributed by atoms with Gasteiger partial charge in [0, 0.05) is 5.02 Å². The van der Waals surface area contributed by atoms with Crippen molar-refractivity contribution in [3.8, 4) is 11.5 Å². The Bertz CT molecular complexity index is 719. The molecule has 1 N–H and O–H groups in total. The molecule has 0 aliphatic heterocycles. The van der Waals surface area contributed by atoms with E-state index in [1.54, 1.807) is 38.3 Å². The summed E-state index contributed by atoms with van der Waals surface area (Å²) in [6.07, 6.45) is -0.737. The summed E-state index contributed by atoms with van der Waals surface area (Å²) in [5.41, 5.74) is 1.60. The van der Waals surface area contributed by atoms with Crippen molar-refractivity contribution in [2.75, 3.05) is 12.4 Å². The zero-order chi connectivity index (χ0) is 17.0. The van der Waals surface area contributed by atoms with E-state index in [-0.39, 0.29) is 5.91 Å². The normalized spacial score (nSPS) is 11.7. The van der Waals surface area contributed by atoms with Gasteiger partial charge in [0.05, 0.1) is 17.8 Å². The number of methoxy groups -OCH3 is 1. The quantitative estimate of drug-likeness (QED) is 0.845. The third-order valence-corrected chi connectivity index (χ3v) is 3.71. The van der Waals surface area contributed by atoms with E-state index in [0.29, 0.717) is 27.2 Å². The molecule has 0 spiro atoms. The van der Waals surface area contributed by atoms with E-state index in [4.69, 9.17) is 32.7 Å². The first-order valence-corrected chi connectivity index (χ1v) is 7.73. The van der Waals surface area contributed by atoms with Crippen LogP contribution in [0.4, 0.5) is 5.69 Å². The number of anilines is 1. The van der Waals surface area contributed by atoms with Crippen molar-refractivity contribution in [1.29, 1.82) is 0 Å². The maximum absolute atomic E-state index is 12.3. The summed E-state index contributed by atoms with van der Waals surface area (Å²) in [5.74, 6) is 0.676. The second kappa shape index (κ2) is 7.57. The summed E-state index contributed by atoms with van der Waals surface area (Å²) in [5, 5.41) is 3.65. The Morgan fingerprint density at radius 3 is 2.48 bits per heavy atom. The fourth-order valence-electron chi connectivity index (χ4n) is 1.97. The second-order valence-corrected chi connectivity index (χ2v) is 5.87. The minimum absolute atomic E-state index is 0.306. The topological polar surface area (TPSA) is 47.6 Å². The summed E-state index contributed by atoms with van der Waals surface area (Å²) >= 11 is 11.9. The highest BCUT2D eigenvalue weighted by atomic mass is 35.5. The number of rotatable bonds is 5. The van der Waals surface area contributed by atoms with Gasteiger partial charge in [0.15, 0.2) is 6.10 Å². The lowest BCUT2D eigenvalue weighted by Gasteiger charge is -2.17. The van der Waals surface area contributed by atoms with Crippen LogP contribution in [0.5, 0.6) is 11.5 Å². The Hall–Kier alpha value is -1.91. The number of benzene rings is 2. The molecule has 0 saturated carbocycles. The van der Waals surface area contributed by atoms with Crippen LogP contribution in [0.1, 0.15) is 12.5 Å². The third kappa shape index (κ3) is 4.53. The standard InChI is InChI=1S/C17H17Cl2NO3/c1-10-4-6-16(22-3)14(8-10)20-17(21)11(2)23-15-7-5-12(18)9-13(15)19/h4-9,11H,1-3H3,(H,20,21)/t11-/m0/s1. The molecule has 0 heterocycles. The SMILES string of the molecule is COc1ccc(C)cc1NC(=O)[C@H](C)Oc1ccc(Cl)cc1Cl. The van der Waals surface area contributed by atoms with Gasteiger partial charge in [0.2, 0.25) is 0 Å². The lowest BCUT2D eigenvalue weighted by Crippen LogP contribution is -2.30. The fourth-order valence-corrected chi connectivity index (χ4v) is 2.42. The van der Waals surface area contributed by atoms with Gasteiger partial charge in [-0.15, -0.1) is 0 Å². The molecular weight excluding hydrogens is 337 g/mol. The smallest absolute Gasteiger partial charge is 0.265 e. The van der Waals surface area contributed by atoms with E-state index < -0.39 is 6.10 Å². The minimum atomic E-state index is -0.737. The molecule has 0 radical (unpaired) electrons. The highest BCUT2D eigenvalue weighted by Gasteiger charge is 2.18. The number of hydrogen-bond acceptors (Lipinski definition) is 3. The maximum atomic E-state index is 12.3. The molecule has 122 valence electrons. The van der Waals surface area contributed by atoms with Crippen molar-refractivity contribution in [2.24, 2.45) is 0 Å². The fraction of sp³-hybridized carbons (Fsp3) is 0.235. The van der Waals surface area contributed by atoms with E-state index in [9.17, 15) is 4.79 Å².